The molecule has 202 valence electrons. The first-order valence-corrected chi connectivity index (χ1v) is 14.4. The summed E-state index contributed by atoms with van der Waals surface area (Å²) in [5.74, 6) is -0.113. The fourth-order valence-corrected chi connectivity index (χ4v) is 5.93. The van der Waals surface area contributed by atoms with Crippen molar-refractivity contribution >= 4 is 22.9 Å². The van der Waals surface area contributed by atoms with Crippen molar-refractivity contribution < 1.29 is 4.79 Å². The molecule has 5 heterocycles. The lowest BCUT2D eigenvalue weighted by molar-refractivity contribution is -0.111. The van der Waals surface area contributed by atoms with E-state index in [0.29, 0.717) is 17.8 Å². The smallest absolute Gasteiger partial charge is 0.256 e. The molecule has 6 rings (SSSR count). The average molecular weight is 523 g/mol. The Morgan fingerprint density at radius 2 is 1.59 bits per heavy atom. The molecule has 2 fully saturated rings. The molecule has 0 spiro atoms. The van der Waals surface area contributed by atoms with Crippen molar-refractivity contribution in [1.29, 1.82) is 0 Å². The van der Waals surface area contributed by atoms with Crippen LogP contribution in [0.25, 0.3) is 16.7 Å². The molecule has 1 amide bonds. The SMILES string of the molecule is O=C(Nc1ccc(CN2CCCCC2)nc1)C1=CCNc2ccc(-c3cncc(CN4CCCCC4)c3)cc21. The fraction of sp³-hybridized carbons (Fsp3) is 0.406. The number of benzene rings is 1. The van der Waals surface area contributed by atoms with E-state index in [1.165, 1.54) is 44.1 Å². The molecule has 0 aliphatic carbocycles. The minimum absolute atomic E-state index is 0.113. The van der Waals surface area contributed by atoms with E-state index in [9.17, 15) is 4.79 Å². The van der Waals surface area contributed by atoms with Crippen LogP contribution in [-0.4, -0.2) is 58.4 Å². The van der Waals surface area contributed by atoms with E-state index in [4.69, 9.17) is 0 Å². The van der Waals surface area contributed by atoms with Crippen LogP contribution < -0.4 is 10.6 Å². The van der Waals surface area contributed by atoms with Crippen molar-refractivity contribution in [1.82, 2.24) is 19.8 Å². The molecule has 0 atom stereocenters. The van der Waals surface area contributed by atoms with E-state index in [1.54, 1.807) is 6.20 Å². The molecule has 1 aromatic carbocycles. The maximum Gasteiger partial charge on any atom is 0.256 e. The highest BCUT2D eigenvalue weighted by Gasteiger charge is 2.20. The molecule has 2 N–H and O–H groups in total. The molecular formula is C32H38N6O. The van der Waals surface area contributed by atoms with Crippen LogP contribution in [0.2, 0.25) is 0 Å². The molecule has 7 heteroatoms. The Morgan fingerprint density at radius 3 is 2.33 bits per heavy atom. The van der Waals surface area contributed by atoms with E-state index < -0.39 is 0 Å². The minimum atomic E-state index is -0.113. The van der Waals surface area contributed by atoms with E-state index in [2.05, 4.69) is 54.7 Å². The van der Waals surface area contributed by atoms with Crippen LogP contribution in [-0.2, 0) is 17.9 Å². The van der Waals surface area contributed by atoms with Crippen molar-refractivity contribution in [2.75, 3.05) is 43.4 Å². The molecule has 39 heavy (non-hydrogen) atoms. The Bertz CT molecular complexity index is 1320. The van der Waals surface area contributed by atoms with Gasteiger partial charge in [-0.2, -0.15) is 0 Å². The van der Waals surface area contributed by atoms with Crippen LogP contribution in [0.15, 0.2) is 61.1 Å². The van der Waals surface area contributed by atoms with Gasteiger partial charge in [0.15, 0.2) is 0 Å². The number of fused-ring (bicyclic) bond motifs is 1. The van der Waals surface area contributed by atoms with Gasteiger partial charge in [0.25, 0.3) is 5.91 Å². The summed E-state index contributed by atoms with van der Waals surface area (Å²) in [7, 11) is 0. The number of nitrogens with one attached hydrogen (secondary N) is 2. The molecule has 0 radical (unpaired) electrons. The number of hydrogen-bond acceptors (Lipinski definition) is 6. The van der Waals surface area contributed by atoms with Gasteiger partial charge in [-0.1, -0.05) is 25.0 Å². The third-order valence-corrected chi connectivity index (χ3v) is 8.05. The van der Waals surface area contributed by atoms with Crippen LogP contribution in [0.4, 0.5) is 11.4 Å². The highest BCUT2D eigenvalue weighted by molar-refractivity contribution is 6.27. The Balaban J connectivity index is 1.15. The van der Waals surface area contributed by atoms with Crippen LogP contribution in [0.5, 0.6) is 0 Å². The standard InChI is InChI=1S/C32H38N6O/c39-32(36-27-8-9-28(35-21-27)23-38-15-5-2-6-16-38)29-11-12-34-31-10-7-25(18-30(29)31)26-17-24(19-33-20-26)22-37-13-3-1-4-14-37/h7-11,17-21,34H,1-6,12-16,22-23H2,(H,36,39). The maximum absolute atomic E-state index is 13.4. The quantitative estimate of drug-likeness (QED) is 0.423. The highest BCUT2D eigenvalue weighted by Crippen LogP contribution is 2.33. The zero-order chi connectivity index (χ0) is 26.4. The van der Waals surface area contributed by atoms with E-state index in [0.717, 1.165) is 67.3 Å². The van der Waals surface area contributed by atoms with Gasteiger partial charge in [0.1, 0.15) is 0 Å². The molecule has 0 unspecified atom stereocenters. The van der Waals surface area contributed by atoms with Gasteiger partial charge in [-0.25, -0.2) is 0 Å². The fourth-order valence-electron chi connectivity index (χ4n) is 5.93. The lowest BCUT2D eigenvalue weighted by atomic mass is 9.94. The average Bonchev–Trinajstić information content (AvgIpc) is 2.99. The number of anilines is 2. The van der Waals surface area contributed by atoms with Gasteiger partial charge in [-0.3, -0.25) is 24.6 Å². The number of likely N-dealkylation sites (tertiary alicyclic amines) is 2. The van der Waals surface area contributed by atoms with Crippen LogP contribution in [0, 0.1) is 0 Å². The number of carbonyl (C=O) groups is 1. The molecule has 0 saturated carbocycles. The van der Waals surface area contributed by atoms with Crippen LogP contribution >= 0.6 is 0 Å². The largest absolute Gasteiger partial charge is 0.381 e. The van der Waals surface area contributed by atoms with Gasteiger partial charge in [0, 0.05) is 54.4 Å². The van der Waals surface area contributed by atoms with Gasteiger partial charge in [-0.15, -0.1) is 0 Å². The Morgan fingerprint density at radius 1 is 0.821 bits per heavy atom. The van der Waals surface area contributed by atoms with E-state index in [1.807, 2.05) is 30.6 Å². The summed E-state index contributed by atoms with van der Waals surface area (Å²) in [4.78, 5) is 27.5. The van der Waals surface area contributed by atoms with E-state index in [-0.39, 0.29) is 5.91 Å². The van der Waals surface area contributed by atoms with E-state index >= 15 is 0 Å². The number of carbonyl (C=O) groups excluding carboxylic acids is 1. The first-order chi connectivity index (χ1) is 19.2. The topological polar surface area (TPSA) is 73.4 Å². The molecule has 0 bridgehead atoms. The zero-order valence-electron chi connectivity index (χ0n) is 22.7. The Kier molecular flexibility index (Phi) is 7.98. The van der Waals surface area contributed by atoms with Gasteiger partial charge in [0.05, 0.1) is 17.6 Å². The number of pyridine rings is 2. The summed E-state index contributed by atoms with van der Waals surface area (Å²) in [6, 6.07) is 12.5. The van der Waals surface area contributed by atoms with Crippen LogP contribution in [0.1, 0.15) is 55.3 Å². The third kappa shape index (κ3) is 6.37. The Hall–Kier alpha value is -3.55. The second-order valence-electron chi connectivity index (χ2n) is 11.0. The summed E-state index contributed by atoms with van der Waals surface area (Å²) in [5.41, 5.74) is 7.69. The first-order valence-electron chi connectivity index (χ1n) is 14.4. The molecule has 7 nitrogen and oxygen atoms in total. The molecule has 2 saturated heterocycles. The number of amides is 1. The monoisotopic (exact) mass is 522 g/mol. The van der Waals surface area contributed by atoms with Gasteiger partial charge < -0.3 is 10.6 Å². The third-order valence-electron chi connectivity index (χ3n) is 8.05. The normalized spacial score (nSPS) is 18.1. The molecule has 3 aliphatic rings. The predicted octanol–water partition coefficient (Wildman–Crippen LogP) is 5.56. The predicted molar refractivity (Wildman–Crippen MR) is 157 cm³/mol. The van der Waals surface area contributed by atoms with Gasteiger partial charge in [0.2, 0.25) is 0 Å². The highest BCUT2D eigenvalue weighted by atomic mass is 16.1. The molecule has 3 aliphatic heterocycles. The lowest BCUT2D eigenvalue weighted by Crippen LogP contribution is -2.29. The van der Waals surface area contributed by atoms with Gasteiger partial charge >= 0.3 is 0 Å². The number of aromatic nitrogens is 2. The maximum atomic E-state index is 13.4. The van der Waals surface area contributed by atoms with Crippen LogP contribution in [0.3, 0.4) is 0 Å². The first kappa shape index (κ1) is 25.7. The minimum Gasteiger partial charge on any atom is -0.381 e. The Labute approximate surface area is 231 Å². The summed E-state index contributed by atoms with van der Waals surface area (Å²) in [6.45, 7) is 7.03. The van der Waals surface area contributed by atoms with Crippen molar-refractivity contribution in [2.45, 2.75) is 51.6 Å². The van der Waals surface area contributed by atoms with Crippen molar-refractivity contribution in [2.24, 2.45) is 0 Å². The summed E-state index contributed by atoms with van der Waals surface area (Å²) in [5, 5.41) is 6.47. The number of hydrogen-bond donors (Lipinski definition) is 2. The number of rotatable bonds is 7. The summed E-state index contributed by atoms with van der Waals surface area (Å²) < 4.78 is 0. The lowest BCUT2D eigenvalue weighted by Gasteiger charge is -2.26. The van der Waals surface area contributed by atoms with Crippen molar-refractivity contribution in [3.8, 4) is 11.1 Å². The second-order valence-corrected chi connectivity index (χ2v) is 11.0. The van der Waals surface area contributed by atoms with Gasteiger partial charge in [-0.05, 0) is 93.3 Å². The zero-order valence-corrected chi connectivity index (χ0v) is 22.7. The molecule has 3 aromatic rings. The summed E-state index contributed by atoms with van der Waals surface area (Å²) in [6.07, 6.45) is 15.4. The summed E-state index contributed by atoms with van der Waals surface area (Å²) >= 11 is 0. The second kappa shape index (κ2) is 12.1. The van der Waals surface area contributed by atoms with Crippen molar-refractivity contribution in [3.63, 3.8) is 0 Å². The molecule has 2 aromatic heterocycles. The van der Waals surface area contributed by atoms with Crippen molar-refractivity contribution in [3.05, 3.63) is 77.9 Å². The number of nitrogens with zero attached hydrogens (tertiary/aromatic N) is 4. The number of piperidine rings is 2. The molecular weight excluding hydrogens is 484 g/mol.